The molecule has 3 amide bonds. The Morgan fingerprint density at radius 2 is 1.72 bits per heavy atom. The topological polar surface area (TPSA) is 57.7 Å². The molecule has 2 aliphatic rings. The highest BCUT2D eigenvalue weighted by Crippen LogP contribution is 2.39. The zero-order chi connectivity index (χ0) is 18.1. The SMILES string of the molecule is CC1C=C[C@@H](N(C)C(=O)C#Cc2ccccc2)[C@H]2C(=O)N(C)C(=O)[C@@H]12. The van der Waals surface area contributed by atoms with E-state index in [2.05, 4.69) is 11.8 Å². The van der Waals surface area contributed by atoms with E-state index >= 15 is 0 Å². The van der Waals surface area contributed by atoms with Crippen LogP contribution in [0.15, 0.2) is 42.5 Å². The third-order valence-corrected chi connectivity index (χ3v) is 5.02. The second-order valence-electron chi connectivity index (χ2n) is 6.55. The van der Waals surface area contributed by atoms with Crippen molar-refractivity contribution in [1.82, 2.24) is 9.80 Å². The molecule has 3 rings (SSSR count). The van der Waals surface area contributed by atoms with E-state index in [4.69, 9.17) is 0 Å². The second-order valence-corrected chi connectivity index (χ2v) is 6.55. The number of nitrogens with zero attached hydrogens (tertiary/aromatic N) is 2. The number of carbonyl (C=O) groups is 3. The van der Waals surface area contributed by atoms with Crippen molar-refractivity contribution in [2.75, 3.05) is 14.1 Å². The third-order valence-electron chi connectivity index (χ3n) is 5.02. The first-order valence-electron chi connectivity index (χ1n) is 8.25. The number of allylic oxidation sites excluding steroid dienone is 1. The zero-order valence-corrected chi connectivity index (χ0v) is 14.5. The summed E-state index contributed by atoms with van der Waals surface area (Å²) in [5.74, 6) is 3.70. The Morgan fingerprint density at radius 1 is 1.08 bits per heavy atom. The lowest BCUT2D eigenvalue weighted by Crippen LogP contribution is -2.47. The molecule has 1 aliphatic carbocycles. The second kappa shape index (κ2) is 6.56. The fraction of sp³-hybridized carbons (Fsp3) is 0.350. The van der Waals surface area contributed by atoms with Crippen LogP contribution < -0.4 is 0 Å². The summed E-state index contributed by atoms with van der Waals surface area (Å²) in [6, 6.07) is 8.78. The van der Waals surface area contributed by atoms with Crippen LogP contribution in [0, 0.1) is 29.6 Å². The van der Waals surface area contributed by atoms with Crippen molar-refractivity contribution >= 4 is 17.7 Å². The van der Waals surface area contributed by atoms with Crippen LogP contribution in [0.1, 0.15) is 12.5 Å². The quantitative estimate of drug-likeness (QED) is 0.441. The number of hydrogen-bond donors (Lipinski definition) is 0. The molecule has 1 aliphatic heterocycles. The molecule has 0 radical (unpaired) electrons. The van der Waals surface area contributed by atoms with Gasteiger partial charge < -0.3 is 4.90 Å². The minimum absolute atomic E-state index is 0.0263. The van der Waals surface area contributed by atoms with Gasteiger partial charge in [-0.2, -0.15) is 0 Å². The van der Waals surface area contributed by atoms with Crippen LogP contribution in [0.5, 0.6) is 0 Å². The minimum atomic E-state index is -0.537. The molecule has 0 bridgehead atoms. The van der Waals surface area contributed by atoms with E-state index in [0.717, 1.165) is 5.56 Å². The van der Waals surface area contributed by atoms with E-state index in [0.29, 0.717) is 0 Å². The van der Waals surface area contributed by atoms with Gasteiger partial charge in [-0.25, -0.2) is 0 Å². The maximum Gasteiger partial charge on any atom is 0.299 e. The Balaban J connectivity index is 1.84. The van der Waals surface area contributed by atoms with Crippen molar-refractivity contribution < 1.29 is 14.4 Å². The third kappa shape index (κ3) is 2.96. The molecule has 0 N–H and O–H groups in total. The van der Waals surface area contributed by atoms with Crippen LogP contribution in [-0.4, -0.2) is 47.7 Å². The number of benzene rings is 1. The molecule has 0 saturated carbocycles. The monoisotopic (exact) mass is 336 g/mol. The summed E-state index contributed by atoms with van der Waals surface area (Å²) < 4.78 is 0. The van der Waals surface area contributed by atoms with Crippen LogP contribution >= 0.6 is 0 Å². The summed E-state index contributed by atoms with van der Waals surface area (Å²) in [6.45, 7) is 1.92. The van der Waals surface area contributed by atoms with Gasteiger partial charge in [-0.3, -0.25) is 19.3 Å². The number of fused-ring (bicyclic) bond motifs is 1. The van der Waals surface area contributed by atoms with Crippen molar-refractivity contribution in [1.29, 1.82) is 0 Å². The highest BCUT2D eigenvalue weighted by molar-refractivity contribution is 6.06. The van der Waals surface area contributed by atoms with E-state index < -0.39 is 17.9 Å². The van der Waals surface area contributed by atoms with Gasteiger partial charge in [0.05, 0.1) is 17.9 Å². The highest BCUT2D eigenvalue weighted by atomic mass is 16.2. The lowest BCUT2D eigenvalue weighted by atomic mass is 9.75. The first kappa shape index (κ1) is 17.0. The molecular formula is C20H20N2O3. The van der Waals surface area contributed by atoms with Gasteiger partial charge in [0.1, 0.15) is 0 Å². The van der Waals surface area contributed by atoms with Crippen molar-refractivity contribution in [2.24, 2.45) is 17.8 Å². The summed E-state index contributed by atoms with van der Waals surface area (Å²) in [5.41, 5.74) is 0.752. The van der Waals surface area contributed by atoms with Crippen LogP contribution in [0.2, 0.25) is 0 Å². The molecule has 1 unspecified atom stereocenters. The van der Waals surface area contributed by atoms with Crippen LogP contribution in [0.25, 0.3) is 0 Å². The first-order valence-corrected chi connectivity index (χ1v) is 8.25. The summed E-state index contributed by atoms with van der Waals surface area (Å²) in [6.07, 6.45) is 3.75. The normalized spacial score (nSPS) is 27.6. The molecule has 1 aromatic carbocycles. The molecule has 4 atom stereocenters. The van der Waals surface area contributed by atoms with Gasteiger partial charge in [-0.05, 0) is 18.1 Å². The first-order chi connectivity index (χ1) is 11.9. The van der Waals surface area contributed by atoms with Crippen LogP contribution in [-0.2, 0) is 14.4 Å². The van der Waals surface area contributed by atoms with E-state index in [1.54, 1.807) is 7.05 Å². The standard InChI is InChI=1S/C20H20N2O3/c1-13-9-11-15(18-17(13)19(24)22(3)20(18)25)21(2)16(23)12-10-14-7-5-4-6-8-14/h4-9,11,13,15,17-18H,1-3H3/t13?,15-,17+,18-/m1/s1. The number of amides is 3. The minimum Gasteiger partial charge on any atom is -0.328 e. The molecule has 5 heteroatoms. The zero-order valence-electron chi connectivity index (χ0n) is 14.5. The van der Waals surface area contributed by atoms with E-state index in [9.17, 15) is 14.4 Å². The lowest BCUT2D eigenvalue weighted by molar-refractivity contribution is -0.138. The van der Waals surface area contributed by atoms with Crippen LogP contribution in [0.4, 0.5) is 0 Å². The molecule has 0 aromatic heterocycles. The largest absolute Gasteiger partial charge is 0.328 e. The molecule has 1 saturated heterocycles. The predicted molar refractivity (Wildman–Crippen MR) is 92.9 cm³/mol. The predicted octanol–water partition coefficient (Wildman–Crippen LogP) is 1.30. The van der Waals surface area contributed by atoms with Gasteiger partial charge in [0, 0.05) is 25.6 Å². The van der Waals surface area contributed by atoms with Crippen LogP contribution in [0.3, 0.4) is 0 Å². The fourth-order valence-electron chi connectivity index (χ4n) is 3.54. The molecule has 1 aromatic rings. The Morgan fingerprint density at radius 3 is 2.40 bits per heavy atom. The number of hydrogen-bond acceptors (Lipinski definition) is 3. The molecule has 1 fully saturated rings. The van der Waals surface area contributed by atoms with Gasteiger partial charge in [0.15, 0.2) is 0 Å². The maximum atomic E-state index is 12.5. The summed E-state index contributed by atoms with van der Waals surface area (Å²) in [4.78, 5) is 40.0. The molecular weight excluding hydrogens is 316 g/mol. The molecule has 0 spiro atoms. The highest BCUT2D eigenvalue weighted by Gasteiger charge is 2.53. The molecule has 25 heavy (non-hydrogen) atoms. The maximum absolute atomic E-state index is 12.5. The molecule has 1 heterocycles. The van der Waals surface area contributed by atoms with Crippen molar-refractivity contribution in [3.05, 3.63) is 48.0 Å². The van der Waals surface area contributed by atoms with Gasteiger partial charge in [0.25, 0.3) is 5.91 Å². The number of likely N-dealkylation sites (N-methyl/N-ethyl adjacent to an activating group) is 1. The molecule has 128 valence electrons. The average Bonchev–Trinajstić information content (AvgIpc) is 2.86. The van der Waals surface area contributed by atoms with E-state index in [1.807, 2.05) is 49.4 Å². The number of imide groups is 1. The van der Waals surface area contributed by atoms with E-state index in [1.165, 1.54) is 16.8 Å². The summed E-state index contributed by atoms with van der Waals surface area (Å²) in [7, 11) is 3.13. The van der Waals surface area contributed by atoms with Crippen molar-refractivity contribution in [2.45, 2.75) is 13.0 Å². The van der Waals surface area contributed by atoms with Gasteiger partial charge in [0.2, 0.25) is 11.8 Å². The average molecular weight is 336 g/mol. The van der Waals surface area contributed by atoms with Gasteiger partial charge in [-0.1, -0.05) is 43.2 Å². The van der Waals surface area contributed by atoms with Crippen molar-refractivity contribution in [3.63, 3.8) is 0 Å². The van der Waals surface area contributed by atoms with Crippen molar-refractivity contribution in [3.8, 4) is 11.8 Å². The number of carbonyl (C=O) groups excluding carboxylic acids is 3. The number of likely N-dealkylation sites (tertiary alicyclic amines) is 1. The molecule has 5 nitrogen and oxygen atoms in total. The Kier molecular flexibility index (Phi) is 4.45. The van der Waals surface area contributed by atoms with E-state index in [-0.39, 0.29) is 23.6 Å². The lowest BCUT2D eigenvalue weighted by Gasteiger charge is -2.35. The Hall–Kier alpha value is -2.87. The number of rotatable bonds is 1. The smallest absolute Gasteiger partial charge is 0.299 e. The van der Waals surface area contributed by atoms with Gasteiger partial charge in [-0.15, -0.1) is 0 Å². The Labute approximate surface area is 147 Å². The summed E-state index contributed by atoms with van der Waals surface area (Å²) >= 11 is 0. The van der Waals surface area contributed by atoms with Gasteiger partial charge >= 0.3 is 0 Å². The fourth-order valence-corrected chi connectivity index (χ4v) is 3.54. The summed E-state index contributed by atoms with van der Waals surface area (Å²) in [5, 5.41) is 0. The Bertz CT molecular complexity index is 803.